The monoisotopic (exact) mass is 467 g/mol. The van der Waals surface area contributed by atoms with Gasteiger partial charge in [0, 0.05) is 24.7 Å². The number of benzene rings is 2. The summed E-state index contributed by atoms with van der Waals surface area (Å²) in [5, 5.41) is 6.65. The summed E-state index contributed by atoms with van der Waals surface area (Å²) in [6, 6.07) is 13.3. The van der Waals surface area contributed by atoms with E-state index in [0.29, 0.717) is 11.6 Å². The lowest BCUT2D eigenvalue weighted by atomic mass is 9.89. The number of urea groups is 1. The highest BCUT2D eigenvalue weighted by atomic mass is 35.5. The number of nitrogens with one attached hydrogen (secondary N) is 2. The molecule has 1 saturated carbocycles. The quantitative estimate of drug-likeness (QED) is 0.616. The number of nitrogens with zero attached hydrogens (tertiary/aromatic N) is 2. The minimum absolute atomic E-state index is 0.159. The summed E-state index contributed by atoms with van der Waals surface area (Å²) in [4.78, 5) is 31.0. The van der Waals surface area contributed by atoms with Gasteiger partial charge in [0.1, 0.15) is 0 Å². The first-order valence-electron chi connectivity index (χ1n) is 11.3. The van der Waals surface area contributed by atoms with Crippen LogP contribution in [0, 0.1) is 0 Å². The minimum Gasteiger partial charge on any atom is -0.369 e. The van der Waals surface area contributed by atoms with Crippen LogP contribution in [0.15, 0.2) is 47.5 Å². The molecular weight excluding hydrogens is 438 g/mol. The zero-order valence-corrected chi connectivity index (χ0v) is 19.8. The van der Waals surface area contributed by atoms with Gasteiger partial charge in [0.25, 0.3) is 5.91 Å². The Hall–Kier alpha value is -3.06. The first kappa shape index (κ1) is 23.1. The number of aliphatic imine (C=N–C) groups is 1. The summed E-state index contributed by atoms with van der Waals surface area (Å²) in [5.74, 6) is 0.0223. The van der Waals surface area contributed by atoms with Gasteiger partial charge in [-0.2, -0.15) is 0 Å². The van der Waals surface area contributed by atoms with Gasteiger partial charge in [0.15, 0.2) is 11.5 Å². The molecule has 0 saturated heterocycles. The molecule has 8 heteroatoms. The molecule has 1 aliphatic carbocycles. The van der Waals surface area contributed by atoms with E-state index in [-0.39, 0.29) is 23.9 Å². The molecule has 0 aromatic heterocycles. The highest BCUT2D eigenvalue weighted by Gasteiger charge is 2.43. The first-order chi connectivity index (χ1) is 15.8. The number of rotatable bonds is 5. The fraction of sp³-hybridized carbons (Fsp3) is 0.400. The number of guanidine groups is 1. The Labute approximate surface area is 199 Å². The van der Waals surface area contributed by atoms with E-state index in [0.717, 1.165) is 47.9 Å². The second-order valence-electron chi connectivity index (χ2n) is 8.95. The van der Waals surface area contributed by atoms with E-state index in [1.54, 1.807) is 14.0 Å². The third-order valence-electron chi connectivity index (χ3n) is 6.59. The molecule has 3 amide bonds. The fourth-order valence-electron chi connectivity index (χ4n) is 4.59. The zero-order valence-electron chi connectivity index (χ0n) is 19.0. The predicted molar refractivity (Wildman–Crippen MR) is 131 cm³/mol. The van der Waals surface area contributed by atoms with Gasteiger partial charge in [-0.1, -0.05) is 55.1 Å². The van der Waals surface area contributed by atoms with Crippen LogP contribution in [0.3, 0.4) is 0 Å². The van der Waals surface area contributed by atoms with E-state index in [1.807, 2.05) is 42.5 Å². The molecule has 174 valence electrons. The van der Waals surface area contributed by atoms with Crippen molar-refractivity contribution >= 4 is 29.5 Å². The summed E-state index contributed by atoms with van der Waals surface area (Å²) in [5.41, 5.74) is 8.27. The van der Waals surface area contributed by atoms with E-state index >= 15 is 0 Å². The van der Waals surface area contributed by atoms with Crippen LogP contribution in [0.2, 0.25) is 5.02 Å². The van der Waals surface area contributed by atoms with E-state index in [1.165, 1.54) is 11.3 Å². The number of hydrogen-bond donors (Lipinski definition) is 3. The molecule has 0 bridgehead atoms. The molecule has 2 aromatic rings. The van der Waals surface area contributed by atoms with Crippen molar-refractivity contribution in [2.75, 3.05) is 7.05 Å². The van der Waals surface area contributed by atoms with Gasteiger partial charge in [-0.15, -0.1) is 0 Å². The number of nitrogens with two attached hydrogens (primary N) is 1. The Kier molecular flexibility index (Phi) is 6.61. The summed E-state index contributed by atoms with van der Waals surface area (Å²) in [7, 11) is 1.62. The van der Waals surface area contributed by atoms with Crippen LogP contribution in [-0.4, -0.2) is 35.9 Å². The molecule has 0 spiro atoms. The number of carbonyl (C=O) groups excluding carboxylic acids is 2. The molecular formula is C25H30ClN5O2. The van der Waals surface area contributed by atoms with Crippen LogP contribution < -0.4 is 16.4 Å². The number of hydrogen-bond acceptors (Lipinski definition) is 4. The lowest BCUT2D eigenvalue weighted by molar-refractivity contribution is -0.130. The third kappa shape index (κ3) is 4.83. The number of halogens is 1. The van der Waals surface area contributed by atoms with Gasteiger partial charge in [0.05, 0.1) is 0 Å². The Morgan fingerprint density at radius 2 is 1.97 bits per heavy atom. The predicted octanol–water partition coefficient (Wildman–Crippen LogP) is 4.14. The lowest BCUT2D eigenvalue weighted by Gasteiger charge is -2.23. The SMILES string of the molecule is CN1C(=O)C(C)(c2cccc(-c3cc(Cl)ccc3CNC(=O)NC3CCCCC3)c2)N=C1N. The maximum absolute atomic E-state index is 12.8. The summed E-state index contributed by atoms with van der Waals surface area (Å²) >= 11 is 6.32. The molecule has 1 unspecified atom stereocenters. The third-order valence-corrected chi connectivity index (χ3v) is 6.83. The van der Waals surface area contributed by atoms with Crippen LogP contribution in [0.1, 0.15) is 50.2 Å². The summed E-state index contributed by atoms with van der Waals surface area (Å²) in [6.07, 6.45) is 5.63. The molecule has 1 atom stereocenters. The summed E-state index contributed by atoms with van der Waals surface area (Å²) < 4.78 is 0. The Morgan fingerprint density at radius 1 is 1.21 bits per heavy atom. The average Bonchev–Trinajstić information content (AvgIpc) is 3.02. The van der Waals surface area contributed by atoms with Crippen LogP contribution in [0.25, 0.3) is 11.1 Å². The van der Waals surface area contributed by atoms with Crippen LogP contribution in [0.4, 0.5) is 4.79 Å². The molecule has 2 aromatic carbocycles. The average molecular weight is 468 g/mol. The van der Waals surface area contributed by atoms with Crippen molar-refractivity contribution in [2.45, 2.75) is 57.2 Å². The van der Waals surface area contributed by atoms with Crippen molar-refractivity contribution in [1.29, 1.82) is 0 Å². The smallest absolute Gasteiger partial charge is 0.315 e. The molecule has 4 rings (SSSR count). The molecule has 0 radical (unpaired) electrons. The standard InChI is InChI=1S/C25H30ClN5O2/c1-25(22(32)31(2)23(27)30-25)18-8-6-7-16(13-18)21-14-19(26)12-11-17(21)15-28-24(33)29-20-9-4-3-5-10-20/h6-8,11-14,20H,3-5,9-10,15H2,1-2H3,(H2,27,30)(H2,28,29,33). The number of likely N-dealkylation sites (N-methyl/N-ethyl adjacent to an activating group) is 1. The van der Waals surface area contributed by atoms with Gasteiger partial charge in [-0.05, 0) is 60.2 Å². The minimum atomic E-state index is -1.08. The largest absolute Gasteiger partial charge is 0.369 e. The topological polar surface area (TPSA) is 99.8 Å². The van der Waals surface area contributed by atoms with Crippen molar-refractivity contribution in [1.82, 2.24) is 15.5 Å². The lowest BCUT2D eigenvalue weighted by Crippen LogP contribution is -2.42. The fourth-order valence-corrected chi connectivity index (χ4v) is 4.76. The molecule has 33 heavy (non-hydrogen) atoms. The van der Waals surface area contributed by atoms with Crippen LogP contribution in [0.5, 0.6) is 0 Å². The molecule has 2 aliphatic rings. The van der Waals surface area contributed by atoms with Gasteiger partial charge < -0.3 is 16.4 Å². The number of amides is 3. The van der Waals surface area contributed by atoms with Crippen molar-refractivity contribution in [3.05, 3.63) is 58.6 Å². The van der Waals surface area contributed by atoms with Crippen molar-refractivity contribution in [3.8, 4) is 11.1 Å². The highest BCUT2D eigenvalue weighted by molar-refractivity contribution is 6.30. The van der Waals surface area contributed by atoms with Crippen molar-refractivity contribution in [3.63, 3.8) is 0 Å². The molecule has 1 aliphatic heterocycles. The zero-order chi connectivity index (χ0) is 23.6. The molecule has 7 nitrogen and oxygen atoms in total. The van der Waals surface area contributed by atoms with E-state index in [4.69, 9.17) is 17.3 Å². The molecule has 1 heterocycles. The summed E-state index contributed by atoms with van der Waals surface area (Å²) in [6.45, 7) is 2.13. The van der Waals surface area contributed by atoms with Gasteiger partial charge >= 0.3 is 6.03 Å². The highest BCUT2D eigenvalue weighted by Crippen LogP contribution is 2.35. The van der Waals surface area contributed by atoms with E-state index in [2.05, 4.69) is 15.6 Å². The van der Waals surface area contributed by atoms with Gasteiger partial charge in [-0.3, -0.25) is 9.69 Å². The second-order valence-corrected chi connectivity index (χ2v) is 9.39. The number of carbonyl (C=O) groups is 2. The van der Waals surface area contributed by atoms with E-state index in [9.17, 15) is 9.59 Å². The maximum Gasteiger partial charge on any atom is 0.315 e. The van der Waals surface area contributed by atoms with Crippen LogP contribution in [-0.2, 0) is 16.9 Å². The van der Waals surface area contributed by atoms with Crippen molar-refractivity contribution < 1.29 is 9.59 Å². The van der Waals surface area contributed by atoms with Crippen molar-refractivity contribution in [2.24, 2.45) is 10.7 Å². The first-order valence-corrected chi connectivity index (χ1v) is 11.7. The van der Waals surface area contributed by atoms with Gasteiger partial charge in [-0.25, -0.2) is 9.79 Å². The molecule has 1 fully saturated rings. The Morgan fingerprint density at radius 3 is 2.67 bits per heavy atom. The normalized spacial score (nSPS) is 21.1. The van der Waals surface area contributed by atoms with Gasteiger partial charge in [0.2, 0.25) is 0 Å². The van der Waals surface area contributed by atoms with Crippen LogP contribution >= 0.6 is 11.6 Å². The maximum atomic E-state index is 12.8. The Bertz CT molecular complexity index is 1100. The second kappa shape index (κ2) is 9.43. The Balaban J connectivity index is 1.56. The van der Waals surface area contributed by atoms with E-state index < -0.39 is 5.54 Å². The molecule has 4 N–H and O–H groups in total.